The number of carbonyl (C=O) groups is 1. The maximum absolute atomic E-state index is 11.7. The molecule has 92 valence electrons. The number of aromatic amines is 1. The SMILES string of the molecule is CNCC#Cc1cc(C(=O)OC)c2cn[nH]c2c1. The third kappa shape index (κ3) is 2.34. The van der Waals surface area contributed by atoms with Gasteiger partial charge < -0.3 is 10.1 Å². The molecule has 2 N–H and O–H groups in total. The molecule has 2 aromatic rings. The van der Waals surface area contributed by atoms with Gasteiger partial charge in [0.1, 0.15) is 0 Å². The topological polar surface area (TPSA) is 67.0 Å². The van der Waals surface area contributed by atoms with Gasteiger partial charge in [-0.05, 0) is 19.2 Å². The van der Waals surface area contributed by atoms with Crippen molar-refractivity contribution in [2.24, 2.45) is 0 Å². The summed E-state index contributed by atoms with van der Waals surface area (Å²) in [5.41, 5.74) is 1.99. The third-order valence-electron chi connectivity index (χ3n) is 2.46. The van der Waals surface area contributed by atoms with Gasteiger partial charge in [0.2, 0.25) is 0 Å². The van der Waals surface area contributed by atoms with Crippen molar-refractivity contribution in [1.82, 2.24) is 15.5 Å². The summed E-state index contributed by atoms with van der Waals surface area (Å²) in [6.45, 7) is 0.592. The summed E-state index contributed by atoms with van der Waals surface area (Å²) in [5, 5.41) is 10.4. The minimum atomic E-state index is -0.390. The summed E-state index contributed by atoms with van der Waals surface area (Å²) in [4.78, 5) is 11.7. The van der Waals surface area contributed by atoms with Crippen LogP contribution in [0.4, 0.5) is 0 Å². The molecule has 5 heteroatoms. The van der Waals surface area contributed by atoms with Gasteiger partial charge in [-0.1, -0.05) is 11.8 Å². The van der Waals surface area contributed by atoms with Crippen LogP contribution in [0.25, 0.3) is 10.9 Å². The largest absolute Gasteiger partial charge is 0.465 e. The highest BCUT2D eigenvalue weighted by Gasteiger charge is 2.12. The zero-order valence-corrected chi connectivity index (χ0v) is 10.2. The number of H-pyrrole nitrogens is 1. The summed E-state index contributed by atoms with van der Waals surface area (Å²) in [6.07, 6.45) is 1.60. The van der Waals surface area contributed by atoms with E-state index in [0.29, 0.717) is 12.1 Å². The van der Waals surface area contributed by atoms with E-state index in [1.165, 1.54) is 7.11 Å². The first kappa shape index (κ1) is 12.1. The van der Waals surface area contributed by atoms with Gasteiger partial charge >= 0.3 is 5.97 Å². The number of nitrogens with one attached hydrogen (secondary N) is 2. The number of hydrogen-bond acceptors (Lipinski definition) is 4. The van der Waals surface area contributed by atoms with E-state index in [2.05, 4.69) is 27.4 Å². The molecule has 0 amide bonds. The lowest BCUT2D eigenvalue weighted by molar-refractivity contribution is 0.0603. The molecule has 1 heterocycles. The van der Waals surface area contributed by atoms with Crippen LogP contribution in [0.5, 0.6) is 0 Å². The summed E-state index contributed by atoms with van der Waals surface area (Å²) in [7, 11) is 3.18. The molecule has 0 aliphatic heterocycles. The first-order valence-corrected chi connectivity index (χ1v) is 5.45. The number of aromatic nitrogens is 2. The minimum absolute atomic E-state index is 0.390. The van der Waals surface area contributed by atoms with Gasteiger partial charge in [-0.2, -0.15) is 5.10 Å². The van der Waals surface area contributed by atoms with Crippen LogP contribution in [0.3, 0.4) is 0 Å². The van der Waals surface area contributed by atoms with Crippen LogP contribution in [-0.2, 0) is 4.74 Å². The van der Waals surface area contributed by atoms with Crippen LogP contribution in [0, 0.1) is 11.8 Å². The van der Waals surface area contributed by atoms with Crippen molar-refractivity contribution in [3.05, 3.63) is 29.5 Å². The number of benzene rings is 1. The summed E-state index contributed by atoms with van der Waals surface area (Å²) in [6, 6.07) is 3.57. The van der Waals surface area contributed by atoms with Crippen molar-refractivity contribution in [2.75, 3.05) is 20.7 Å². The van der Waals surface area contributed by atoms with Gasteiger partial charge in [-0.25, -0.2) is 4.79 Å². The molecule has 0 atom stereocenters. The summed E-state index contributed by atoms with van der Waals surface area (Å²) < 4.78 is 4.75. The van der Waals surface area contributed by atoms with Crippen LogP contribution in [0.15, 0.2) is 18.3 Å². The highest BCUT2D eigenvalue weighted by molar-refractivity contribution is 6.03. The first-order valence-electron chi connectivity index (χ1n) is 5.45. The second kappa shape index (κ2) is 5.34. The molecule has 1 aromatic heterocycles. The molecule has 0 aliphatic carbocycles. The smallest absolute Gasteiger partial charge is 0.338 e. The monoisotopic (exact) mass is 243 g/mol. The van der Waals surface area contributed by atoms with Gasteiger partial charge in [0.25, 0.3) is 0 Å². The lowest BCUT2D eigenvalue weighted by Gasteiger charge is -2.01. The number of nitrogens with zero attached hydrogens (tertiary/aromatic N) is 1. The molecule has 0 bridgehead atoms. The van der Waals surface area contributed by atoms with Gasteiger partial charge in [-0.3, -0.25) is 5.10 Å². The van der Waals surface area contributed by atoms with Crippen LogP contribution in [-0.4, -0.2) is 36.9 Å². The standard InChI is InChI=1S/C13H13N3O2/c1-14-5-3-4-9-6-10(13(17)18-2)11-8-15-16-12(11)7-9/h6-8,14H,5H2,1-2H3,(H,15,16). The maximum Gasteiger partial charge on any atom is 0.338 e. The Morgan fingerprint density at radius 2 is 2.39 bits per heavy atom. The van der Waals surface area contributed by atoms with Crippen LogP contribution in [0.2, 0.25) is 0 Å². The number of methoxy groups -OCH3 is 1. The van der Waals surface area contributed by atoms with E-state index in [-0.39, 0.29) is 0 Å². The predicted octanol–water partition coefficient (Wildman–Crippen LogP) is 0.920. The molecule has 0 saturated heterocycles. The molecule has 0 spiro atoms. The maximum atomic E-state index is 11.7. The van der Waals surface area contributed by atoms with Crippen LogP contribution in [0.1, 0.15) is 15.9 Å². The zero-order chi connectivity index (χ0) is 13.0. The minimum Gasteiger partial charge on any atom is -0.465 e. The summed E-state index contributed by atoms with van der Waals surface area (Å²) in [5.74, 6) is 5.53. The normalized spacial score (nSPS) is 9.89. The number of hydrogen-bond donors (Lipinski definition) is 2. The average molecular weight is 243 g/mol. The second-order valence-electron chi connectivity index (χ2n) is 3.68. The zero-order valence-electron chi connectivity index (χ0n) is 10.2. The van der Waals surface area contributed by atoms with Crippen molar-refractivity contribution in [2.45, 2.75) is 0 Å². The predicted molar refractivity (Wildman–Crippen MR) is 68.2 cm³/mol. The van der Waals surface area contributed by atoms with Gasteiger partial charge in [-0.15, -0.1) is 0 Å². The highest BCUT2D eigenvalue weighted by atomic mass is 16.5. The molecule has 0 aliphatic rings. The molecule has 5 nitrogen and oxygen atoms in total. The van der Waals surface area contributed by atoms with Crippen LogP contribution >= 0.6 is 0 Å². The van der Waals surface area contributed by atoms with E-state index in [0.717, 1.165) is 16.5 Å². The Morgan fingerprint density at radius 1 is 1.56 bits per heavy atom. The van der Waals surface area contributed by atoms with Crippen LogP contribution < -0.4 is 5.32 Å². The van der Waals surface area contributed by atoms with Crippen molar-refractivity contribution in [1.29, 1.82) is 0 Å². The number of rotatable bonds is 2. The van der Waals surface area contributed by atoms with Gasteiger partial charge in [0, 0.05) is 10.9 Å². The van der Waals surface area contributed by atoms with E-state index in [1.807, 2.05) is 13.1 Å². The molecular weight excluding hydrogens is 230 g/mol. The molecule has 2 rings (SSSR count). The molecular formula is C13H13N3O2. The van der Waals surface area contributed by atoms with E-state index in [9.17, 15) is 4.79 Å². The van der Waals surface area contributed by atoms with Crippen molar-refractivity contribution < 1.29 is 9.53 Å². The Hall–Kier alpha value is -2.32. The third-order valence-corrected chi connectivity index (χ3v) is 2.46. The van der Waals surface area contributed by atoms with Gasteiger partial charge in [0.05, 0.1) is 30.9 Å². The van der Waals surface area contributed by atoms with Gasteiger partial charge in [0.15, 0.2) is 0 Å². The lowest BCUT2D eigenvalue weighted by Crippen LogP contribution is -2.04. The van der Waals surface area contributed by atoms with Crippen molar-refractivity contribution >= 4 is 16.9 Å². The fraction of sp³-hybridized carbons (Fsp3) is 0.231. The molecule has 1 aromatic carbocycles. The number of carbonyl (C=O) groups excluding carboxylic acids is 1. The van der Waals surface area contributed by atoms with E-state index in [1.54, 1.807) is 12.3 Å². The first-order chi connectivity index (χ1) is 8.76. The Labute approximate surface area is 105 Å². The number of fused-ring (bicyclic) bond motifs is 1. The Bertz CT molecular complexity index is 634. The Morgan fingerprint density at radius 3 is 3.11 bits per heavy atom. The van der Waals surface area contributed by atoms with E-state index in [4.69, 9.17) is 4.74 Å². The number of ether oxygens (including phenoxy) is 1. The van der Waals surface area contributed by atoms with Crippen molar-refractivity contribution in [3.63, 3.8) is 0 Å². The van der Waals surface area contributed by atoms with E-state index >= 15 is 0 Å². The fourth-order valence-electron chi connectivity index (χ4n) is 1.64. The van der Waals surface area contributed by atoms with Crippen molar-refractivity contribution in [3.8, 4) is 11.8 Å². The quantitative estimate of drug-likeness (QED) is 0.608. The fourth-order valence-corrected chi connectivity index (χ4v) is 1.64. The Balaban J connectivity index is 2.51. The molecule has 0 unspecified atom stereocenters. The van der Waals surface area contributed by atoms with E-state index < -0.39 is 5.97 Å². The average Bonchev–Trinajstić information content (AvgIpc) is 2.85. The second-order valence-corrected chi connectivity index (χ2v) is 3.68. The summed E-state index contributed by atoms with van der Waals surface area (Å²) >= 11 is 0. The molecule has 18 heavy (non-hydrogen) atoms. The highest BCUT2D eigenvalue weighted by Crippen LogP contribution is 2.19. The molecule has 0 radical (unpaired) electrons. The lowest BCUT2D eigenvalue weighted by atomic mass is 10.1. The molecule has 0 fully saturated rings. The molecule has 0 saturated carbocycles. The Kier molecular flexibility index (Phi) is 3.60. The number of esters is 1.